The van der Waals surface area contributed by atoms with Crippen molar-refractivity contribution in [3.8, 4) is 11.5 Å². The molecule has 2 N–H and O–H groups in total. The minimum atomic E-state index is -0.732. The van der Waals surface area contributed by atoms with Crippen LogP contribution in [0.4, 0.5) is 0 Å². The zero-order valence-electron chi connectivity index (χ0n) is 8.69. The first kappa shape index (κ1) is 10.9. The van der Waals surface area contributed by atoms with Gasteiger partial charge in [-0.3, -0.25) is 0 Å². The fraction of sp³-hybridized carbons (Fsp3) is 0.455. The highest BCUT2D eigenvalue weighted by molar-refractivity contribution is 5.45. The molecule has 1 atom stereocenters. The monoisotopic (exact) mass is 196 g/mol. The first-order chi connectivity index (χ1) is 6.52. The molecule has 0 amide bonds. The van der Waals surface area contributed by atoms with Crippen LogP contribution >= 0.6 is 0 Å². The number of benzene rings is 1. The number of ether oxygens (including phenoxy) is 1. The third-order valence-corrected chi connectivity index (χ3v) is 1.82. The first-order valence-electron chi connectivity index (χ1n) is 4.69. The van der Waals surface area contributed by atoms with E-state index in [1.807, 2.05) is 13.8 Å². The second-order valence-electron chi connectivity index (χ2n) is 3.53. The van der Waals surface area contributed by atoms with Crippen LogP contribution < -0.4 is 4.74 Å². The highest BCUT2D eigenvalue weighted by Crippen LogP contribution is 2.33. The summed E-state index contributed by atoms with van der Waals surface area (Å²) in [5.74, 6) is 0.605. The number of phenols is 1. The molecule has 0 heterocycles. The summed E-state index contributed by atoms with van der Waals surface area (Å²) in [5, 5.41) is 19.0. The fourth-order valence-corrected chi connectivity index (χ4v) is 1.31. The molecule has 1 unspecified atom stereocenters. The standard InChI is InChI=1S/C11H16O3/c1-7(2)14-10-6-4-5-9(13)11(10)8(3)12/h4-8,12-13H,1-3H3. The van der Waals surface area contributed by atoms with Crippen molar-refractivity contribution >= 4 is 0 Å². The molecule has 0 aromatic heterocycles. The lowest BCUT2D eigenvalue weighted by Gasteiger charge is -2.16. The summed E-state index contributed by atoms with van der Waals surface area (Å²) < 4.78 is 5.47. The molecule has 0 spiro atoms. The number of phenolic OH excluding ortho intramolecular Hbond substituents is 1. The van der Waals surface area contributed by atoms with Crippen molar-refractivity contribution < 1.29 is 14.9 Å². The Morgan fingerprint density at radius 2 is 1.86 bits per heavy atom. The van der Waals surface area contributed by atoms with Gasteiger partial charge < -0.3 is 14.9 Å². The molecule has 1 rings (SSSR count). The molecule has 0 aliphatic heterocycles. The van der Waals surface area contributed by atoms with Crippen LogP contribution in [0.3, 0.4) is 0 Å². The van der Waals surface area contributed by atoms with E-state index in [-0.39, 0.29) is 11.9 Å². The Morgan fingerprint density at radius 3 is 2.36 bits per heavy atom. The van der Waals surface area contributed by atoms with Gasteiger partial charge in [-0.1, -0.05) is 6.07 Å². The molecule has 3 nitrogen and oxygen atoms in total. The molecule has 0 radical (unpaired) electrons. The Labute approximate surface area is 84.0 Å². The maximum Gasteiger partial charge on any atom is 0.129 e. The van der Waals surface area contributed by atoms with Gasteiger partial charge in [0.1, 0.15) is 11.5 Å². The van der Waals surface area contributed by atoms with Gasteiger partial charge in [0.15, 0.2) is 0 Å². The number of aliphatic hydroxyl groups is 1. The Balaban J connectivity index is 3.08. The van der Waals surface area contributed by atoms with Gasteiger partial charge in [-0.05, 0) is 32.9 Å². The van der Waals surface area contributed by atoms with Crippen molar-refractivity contribution in [2.75, 3.05) is 0 Å². The maximum atomic E-state index is 9.53. The lowest BCUT2D eigenvalue weighted by Crippen LogP contribution is -2.08. The topological polar surface area (TPSA) is 49.7 Å². The van der Waals surface area contributed by atoms with Crippen LogP contribution in [-0.4, -0.2) is 16.3 Å². The molecule has 0 bridgehead atoms. The van der Waals surface area contributed by atoms with Gasteiger partial charge in [-0.25, -0.2) is 0 Å². The van der Waals surface area contributed by atoms with E-state index in [2.05, 4.69) is 0 Å². The van der Waals surface area contributed by atoms with Crippen LogP contribution in [0.15, 0.2) is 18.2 Å². The lowest BCUT2D eigenvalue weighted by molar-refractivity contribution is 0.178. The number of aromatic hydroxyl groups is 1. The zero-order chi connectivity index (χ0) is 10.7. The maximum absolute atomic E-state index is 9.53. The molecule has 0 aliphatic carbocycles. The van der Waals surface area contributed by atoms with E-state index in [4.69, 9.17) is 4.74 Å². The third kappa shape index (κ3) is 2.39. The van der Waals surface area contributed by atoms with Crippen molar-refractivity contribution in [2.45, 2.75) is 33.0 Å². The molecule has 1 aromatic carbocycles. The smallest absolute Gasteiger partial charge is 0.129 e. The fourth-order valence-electron chi connectivity index (χ4n) is 1.31. The first-order valence-corrected chi connectivity index (χ1v) is 4.69. The largest absolute Gasteiger partial charge is 0.507 e. The van der Waals surface area contributed by atoms with Gasteiger partial charge in [-0.2, -0.15) is 0 Å². The van der Waals surface area contributed by atoms with Crippen LogP contribution in [0.5, 0.6) is 11.5 Å². The van der Waals surface area contributed by atoms with E-state index in [9.17, 15) is 10.2 Å². The molecule has 3 heteroatoms. The van der Waals surface area contributed by atoms with Crippen LogP contribution in [0.25, 0.3) is 0 Å². The van der Waals surface area contributed by atoms with Gasteiger partial charge in [0, 0.05) is 0 Å². The van der Waals surface area contributed by atoms with Crippen LogP contribution in [0.2, 0.25) is 0 Å². The molecule has 1 aromatic rings. The number of hydrogen-bond donors (Lipinski definition) is 2. The Morgan fingerprint density at radius 1 is 1.21 bits per heavy atom. The van der Waals surface area contributed by atoms with E-state index in [1.54, 1.807) is 19.1 Å². The van der Waals surface area contributed by atoms with Crippen molar-refractivity contribution in [2.24, 2.45) is 0 Å². The molecule has 0 saturated heterocycles. The third-order valence-electron chi connectivity index (χ3n) is 1.82. The molecule has 0 fully saturated rings. The predicted molar refractivity (Wildman–Crippen MR) is 54.5 cm³/mol. The molecular weight excluding hydrogens is 180 g/mol. The Hall–Kier alpha value is -1.22. The Bertz CT molecular complexity index is 305. The Kier molecular flexibility index (Phi) is 3.36. The second-order valence-corrected chi connectivity index (χ2v) is 3.53. The van der Waals surface area contributed by atoms with Gasteiger partial charge in [0.25, 0.3) is 0 Å². The summed E-state index contributed by atoms with van der Waals surface area (Å²) in [7, 11) is 0. The van der Waals surface area contributed by atoms with Crippen molar-refractivity contribution in [3.05, 3.63) is 23.8 Å². The summed E-state index contributed by atoms with van der Waals surface area (Å²) >= 11 is 0. The minimum absolute atomic E-state index is 0.0225. The van der Waals surface area contributed by atoms with Crippen LogP contribution in [-0.2, 0) is 0 Å². The van der Waals surface area contributed by atoms with Gasteiger partial charge >= 0.3 is 0 Å². The van der Waals surface area contributed by atoms with Gasteiger partial charge in [-0.15, -0.1) is 0 Å². The highest BCUT2D eigenvalue weighted by atomic mass is 16.5. The lowest BCUT2D eigenvalue weighted by atomic mass is 10.1. The van der Waals surface area contributed by atoms with Gasteiger partial charge in [0.2, 0.25) is 0 Å². The average molecular weight is 196 g/mol. The van der Waals surface area contributed by atoms with Crippen molar-refractivity contribution in [1.82, 2.24) is 0 Å². The normalized spacial score (nSPS) is 12.9. The number of rotatable bonds is 3. The van der Waals surface area contributed by atoms with E-state index < -0.39 is 6.10 Å². The summed E-state index contributed by atoms with van der Waals surface area (Å²) in [6, 6.07) is 4.97. The van der Waals surface area contributed by atoms with Crippen molar-refractivity contribution in [3.63, 3.8) is 0 Å². The predicted octanol–water partition coefficient (Wildman–Crippen LogP) is 2.23. The molecular formula is C11H16O3. The van der Waals surface area contributed by atoms with E-state index in [1.165, 1.54) is 6.07 Å². The van der Waals surface area contributed by atoms with E-state index in [0.717, 1.165) is 0 Å². The average Bonchev–Trinajstić information content (AvgIpc) is 2.01. The SMILES string of the molecule is CC(C)Oc1cccc(O)c1C(C)O. The number of aliphatic hydroxyl groups excluding tert-OH is 1. The molecule has 78 valence electrons. The number of hydrogen-bond acceptors (Lipinski definition) is 3. The highest BCUT2D eigenvalue weighted by Gasteiger charge is 2.14. The minimum Gasteiger partial charge on any atom is -0.507 e. The second kappa shape index (κ2) is 4.33. The van der Waals surface area contributed by atoms with Gasteiger partial charge in [0.05, 0.1) is 17.8 Å². The van der Waals surface area contributed by atoms with Crippen molar-refractivity contribution in [1.29, 1.82) is 0 Å². The summed E-state index contributed by atoms with van der Waals surface area (Å²) in [5.41, 5.74) is 0.446. The van der Waals surface area contributed by atoms with E-state index >= 15 is 0 Å². The summed E-state index contributed by atoms with van der Waals surface area (Å²) in [4.78, 5) is 0. The zero-order valence-corrected chi connectivity index (χ0v) is 8.69. The summed E-state index contributed by atoms with van der Waals surface area (Å²) in [6.45, 7) is 5.40. The van der Waals surface area contributed by atoms with Crippen LogP contribution in [0, 0.1) is 0 Å². The summed E-state index contributed by atoms with van der Waals surface area (Å²) in [6.07, 6.45) is -0.709. The molecule has 0 saturated carbocycles. The molecule has 14 heavy (non-hydrogen) atoms. The molecule has 0 aliphatic rings. The quantitative estimate of drug-likeness (QED) is 0.779. The van der Waals surface area contributed by atoms with Crippen LogP contribution in [0.1, 0.15) is 32.4 Å². The van der Waals surface area contributed by atoms with E-state index in [0.29, 0.717) is 11.3 Å².